The average molecular weight is 369 g/mol. The number of anilines is 1. The van der Waals surface area contributed by atoms with Crippen LogP contribution in [0.3, 0.4) is 0 Å². The second-order valence-corrected chi connectivity index (χ2v) is 6.41. The van der Waals surface area contributed by atoms with E-state index in [0.29, 0.717) is 0 Å². The van der Waals surface area contributed by atoms with E-state index in [9.17, 15) is 17.6 Å². The lowest BCUT2D eigenvalue weighted by atomic mass is 9.99. The van der Waals surface area contributed by atoms with Crippen LogP contribution in [0.4, 0.5) is 10.1 Å². The van der Waals surface area contributed by atoms with Gasteiger partial charge in [-0.2, -0.15) is 0 Å². The van der Waals surface area contributed by atoms with Crippen LogP contribution in [0.15, 0.2) is 29.8 Å². The number of nitrogens with one attached hydrogen (secondary N) is 1. The van der Waals surface area contributed by atoms with Crippen LogP contribution in [0.25, 0.3) is 0 Å². The van der Waals surface area contributed by atoms with Gasteiger partial charge in [-0.05, 0) is 44.3 Å². The van der Waals surface area contributed by atoms with Gasteiger partial charge >= 0.3 is 5.97 Å². The minimum absolute atomic E-state index is 0.180. The Morgan fingerprint density at radius 1 is 1.65 bits per heavy atom. The summed E-state index contributed by atoms with van der Waals surface area (Å²) in [6, 6.07) is -3.89. The fourth-order valence-electron chi connectivity index (χ4n) is 1.84. The van der Waals surface area contributed by atoms with Crippen LogP contribution in [-0.4, -0.2) is 26.2 Å². The van der Waals surface area contributed by atoms with Crippen molar-refractivity contribution >= 4 is 33.3 Å². The monoisotopic (exact) mass is 368 g/mol. The van der Waals surface area contributed by atoms with Gasteiger partial charge in [-0.25, -0.2) is 17.6 Å². The molecule has 0 aromatic heterocycles. The lowest BCUT2D eigenvalue weighted by Crippen LogP contribution is -2.34. The highest BCUT2D eigenvalue weighted by Gasteiger charge is 2.35. The summed E-state index contributed by atoms with van der Waals surface area (Å²) in [5, 5.41) is -3.30. The Morgan fingerprint density at radius 2 is 2.39 bits per heavy atom. The van der Waals surface area contributed by atoms with Gasteiger partial charge in [0.05, 0.1) is 28.4 Å². The molecule has 0 amide bonds. The predicted molar refractivity (Wildman–Crippen MR) is 86.3 cm³/mol. The second-order valence-electron chi connectivity index (χ2n) is 4.35. The van der Waals surface area contributed by atoms with Crippen LogP contribution in [0.5, 0.6) is 0 Å². The molecule has 0 saturated heterocycles. The molecule has 2 rings (SSSR count). The summed E-state index contributed by atoms with van der Waals surface area (Å²) in [6.07, 6.45) is -3.31. The third kappa shape index (κ3) is 4.23. The zero-order valence-electron chi connectivity index (χ0n) is 18.9. The van der Waals surface area contributed by atoms with Crippen LogP contribution < -0.4 is 4.72 Å². The Kier molecular flexibility index (Phi) is 3.28. The second kappa shape index (κ2) is 7.31. The van der Waals surface area contributed by atoms with Gasteiger partial charge in [0.15, 0.2) is 1.41 Å². The summed E-state index contributed by atoms with van der Waals surface area (Å²) >= 11 is 5.77. The molecule has 8 heteroatoms. The van der Waals surface area contributed by atoms with Gasteiger partial charge < -0.3 is 4.74 Å². The molecule has 1 aromatic rings. The molecule has 1 aliphatic rings. The quantitative estimate of drug-likeness (QED) is 0.809. The van der Waals surface area contributed by atoms with Crippen molar-refractivity contribution < 1.29 is 32.0 Å². The molecular weight excluding hydrogens is 345 g/mol. The molecule has 126 valence electrons. The summed E-state index contributed by atoms with van der Waals surface area (Å²) in [5.74, 6) is -2.74. The highest BCUT2D eigenvalue weighted by molar-refractivity contribution is 7.93. The molecule has 1 atom stereocenters. The van der Waals surface area contributed by atoms with Crippen LogP contribution in [-0.2, 0) is 19.6 Å². The first kappa shape index (κ1) is 10.3. The first-order chi connectivity index (χ1) is 13.7. The zero-order chi connectivity index (χ0) is 23.2. The molecule has 0 spiro atoms. The molecule has 0 heterocycles. The minimum Gasteiger partial charge on any atom is -0.463 e. The fourth-order valence-corrected chi connectivity index (χ4v) is 3.36. The van der Waals surface area contributed by atoms with Gasteiger partial charge in [-0.3, -0.25) is 4.72 Å². The standard InChI is InChI=1S/C15H17ClFNO4S/c1-2-22-15(19)11-5-3-4-6-14(11)23(20,21)18-13-8-7-10(17)9-12(13)16/h5,7-9,14,18H,2-4,6H2,1H3/t14-/m1/s1/i5D,6D2,7D,8D,9D/hD. The number of esters is 1. The van der Waals surface area contributed by atoms with E-state index in [1.54, 1.807) is 0 Å². The SMILES string of the molecule is [2H]C1=C(C(=O)OCC)[C@H](S(=O)(=O)N([2H])c2c([2H])c([2H])c(F)c([2H])c2Cl)C([2H])([2H])CC1. The number of hydrogen-bond acceptors (Lipinski definition) is 4. The lowest BCUT2D eigenvalue weighted by Gasteiger charge is -2.24. The largest absolute Gasteiger partial charge is 0.463 e. The van der Waals surface area contributed by atoms with Gasteiger partial charge in [0.2, 0.25) is 10.0 Å². The lowest BCUT2D eigenvalue weighted by molar-refractivity contribution is -0.138. The van der Waals surface area contributed by atoms with Crippen molar-refractivity contribution in [3.63, 3.8) is 0 Å². The Hall–Kier alpha value is -1.60. The molecule has 0 radical (unpaired) electrons. The maximum absolute atomic E-state index is 13.8. The molecule has 0 saturated carbocycles. The molecule has 1 N–H and O–H groups in total. The van der Waals surface area contributed by atoms with Crippen molar-refractivity contribution in [3.05, 3.63) is 40.6 Å². The average Bonchev–Trinajstić information content (AvgIpc) is 2.66. The van der Waals surface area contributed by atoms with E-state index in [2.05, 4.69) is 0 Å². The van der Waals surface area contributed by atoms with E-state index in [1.807, 2.05) is 0 Å². The first-order valence-electron chi connectivity index (χ1n) is 9.99. The number of benzene rings is 1. The maximum atomic E-state index is 13.8. The molecule has 23 heavy (non-hydrogen) atoms. The van der Waals surface area contributed by atoms with Crippen molar-refractivity contribution in [1.82, 2.24) is 0 Å². The first-order valence-corrected chi connectivity index (χ1v) is 8.42. The Bertz CT molecular complexity index is 1010. The highest BCUT2D eigenvalue weighted by atomic mass is 35.5. The molecule has 5 nitrogen and oxygen atoms in total. The van der Waals surface area contributed by atoms with E-state index in [-0.39, 0.29) is 13.0 Å². The van der Waals surface area contributed by atoms with Gasteiger partial charge in [-0.1, -0.05) is 17.7 Å². The number of sulfonamides is 1. The van der Waals surface area contributed by atoms with Crippen molar-refractivity contribution in [1.29, 1.82) is 0 Å². The van der Waals surface area contributed by atoms with Gasteiger partial charge in [0, 0.05) is 2.74 Å². The van der Waals surface area contributed by atoms with E-state index >= 15 is 0 Å². The number of rotatable bonds is 5. The molecule has 0 unspecified atom stereocenters. The molecule has 0 bridgehead atoms. The fraction of sp³-hybridized carbons (Fsp3) is 0.400. The third-order valence-corrected chi connectivity index (χ3v) is 4.47. The van der Waals surface area contributed by atoms with Gasteiger partial charge in [-0.15, -0.1) is 0 Å². The Labute approximate surface area is 149 Å². The number of halogens is 2. The molecule has 0 fully saturated rings. The van der Waals surface area contributed by atoms with Crippen LogP contribution >= 0.6 is 11.6 Å². The van der Waals surface area contributed by atoms with Gasteiger partial charge in [0.25, 0.3) is 0 Å². The Balaban J connectivity index is 2.75. The smallest absolute Gasteiger partial charge is 0.335 e. The highest BCUT2D eigenvalue weighted by Crippen LogP contribution is 2.30. The predicted octanol–water partition coefficient (Wildman–Crippen LogP) is 3.26. The summed E-state index contributed by atoms with van der Waals surface area (Å²) in [7, 11) is -5.21. The van der Waals surface area contributed by atoms with Crippen molar-refractivity contribution in [2.75, 3.05) is 11.3 Å². The van der Waals surface area contributed by atoms with E-state index in [1.165, 1.54) is 6.92 Å². The summed E-state index contributed by atoms with van der Waals surface area (Å²) in [6.45, 7) is 1.25. The zero-order valence-corrected chi connectivity index (χ0v) is 13.5. The normalized spacial score (nSPS) is 25.2. The number of hydrogen-bond donors (Lipinski definition) is 1. The van der Waals surface area contributed by atoms with E-state index in [4.69, 9.17) is 26.0 Å². The number of ether oxygens (including phenoxy) is 1. The maximum Gasteiger partial charge on any atom is 0.335 e. The third-order valence-electron chi connectivity index (χ3n) is 2.76. The van der Waals surface area contributed by atoms with Crippen molar-refractivity contribution in [3.8, 4) is 0 Å². The minimum atomic E-state index is -5.21. The van der Waals surface area contributed by atoms with Crippen molar-refractivity contribution in [2.45, 2.75) is 31.4 Å². The van der Waals surface area contributed by atoms with Gasteiger partial charge in [0.1, 0.15) is 11.1 Å². The number of carbonyl (C=O) groups is 1. The number of carbonyl (C=O) groups excluding carboxylic acids is 1. The summed E-state index contributed by atoms with van der Waals surface area (Å²) < 4.78 is 99.6. The topological polar surface area (TPSA) is 72.5 Å². The van der Waals surface area contributed by atoms with Crippen LogP contribution in [0.2, 0.25) is 6.43 Å². The van der Waals surface area contributed by atoms with Crippen molar-refractivity contribution in [2.24, 2.45) is 0 Å². The molecule has 0 aliphatic heterocycles. The molecule has 1 aliphatic carbocycles. The Morgan fingerprint density at radius 3 is 3.09 bits per heavy atom. The van der Waals surface area contributed by atoms with Crippen LogP contribution in [0, 0.1) is 5.82 Å². The van der Waals surface area contributed by atoms with E-state index < -0.39 is 85.0 Å². The molecular formula is C15H17ClFNO4S. The number of allylic oxidation sites excluding steroid dienone is 1. The van der Waals surface area contributed by atoms with Crippen LogP contribution in [0.1, 0.15) is 34.4 Å². The van der Waals surface area contributed by atoms with E-state index in [0.717, 1.165) is 0 Å². The summed E-state index contributed by atoms with van der Waals surface area (Å²) in [5.41, 5.74) is -1.84. The molecule has 1 aromatic carbocycles. The summed E-state index contributed by atoms with van der Waals surface area (Å²) in [4.78, 5) is 12.3.